The van der Waals surface area contributed by atoms with Gasteiger partial charge < -0.3 is 5.11 Å². The maximum absolute atomic E-state index is 12.7. The van der Waals surface area contributed by atoms with Crippen LogP contribution in [0.5, 0.6) is 5.75 Å². The lowest BCUT2D eigenvalue weighted by atomic mass is 9.82. The van der Waals surface area contributed by atoms with E-state index in [9.17, 15) is 13.5 Å². The molecule has 3 rings (SSSR count). The van der Waals surface area contributed by atoms with Gasteiger partial charge in [0, 0.05) is 11.5 Å². The maximum atomic E-state index is 12.7. The molecule has 1 aliphatic carbocycles. The monoisotopic (exact) mass is 343 g/mol. The lowest BCUT2D eigenvalue weighted by Gasteiger charge is -2.26. The van der Waals surface area contributed by atoms with Crippen LogP contribution in [0, 0.1) is 6.92 Å². The Morgan fingerprint density at radius 1 is 1.08 bits per heavy atom. The lowest BCUT2D eigenvalue weighted by Crippen LogP contribution is -2.17. The predicted octanol–water partition coefficient (Wildman–Crippen LogP) is 4.11. The van der Waals surface area contributed by atoms with Crippen LogP contribution in [0.4, 0.5) is 5.69 Å². The predicted molar refractivity (Wildman–Crippen MR) is 96.0 cm³/mol. The molecule has 2 N–H and O–H groups in total. The number of rotatable bonds is 3. The summed E-state index contributed by atoms with van der Waals surface area (Å²) in [6.07, 6.45) is 2.68. The van der Waals surface area contributed by atoms with E-state index in [0.717, 1.165) is 16.7 Å². The molecule has 24 heavy (non-hydrogen) atoms. The van der Waals surface area contributed by atoms with Gasteiger partial charge in [-0.15, -0.1) is 0 Å². The lowest BCUT2D eigenvalue weighted by molar-refractivity contribution is 0.467. The molecule has 0 radical (unpaired) electrons. The van der Waals surface area contributed by atoms with Crippen molar-refractivity contribution in [1.82, 2.24) is 0 Å². The molecule has 0 amide bonds. The van der Waals surface area contributed by atoms with Gasteiger partial charge >= 0.3 is 0 Å². The highest BCUT2D eigenvalue weighted by Crippen LogP contribution is 2.41. The van der Waals surface area contributed by atoms with Crippen LogP contribution < -0.4 is 4.72 Å². The van der Waals surface area contributed by atoms with E-state index in [1.165, 1.54) is 5.57 Å². The number of aryl methyl sites for hydroxylation is 1. The van der Waals surface area contributed by atoms with Crippen molar-refractivity contribution in [2.24, 2.45) is 0 Å². The van der Waals surface area contributed by atoms with Crippen LogP contribution >= 0.6 is 0 Å². The van der Waals surface area contributed by atoms with Crippen molar-refractivity contribution < 1.29 is 13.5 Å². The van der Waals surface area contributed by atoms with Crippen molar-refractivity contribution in [3.63, 3.8) is 0 Å². The van der Waals surface area contributed by atoms with Gasteiger partial charge in [0.15, 0.2) is 0 Å². The van der Waals surface area contributed by atoms with Crippen LogP contribution in [0.25, 0.3) is 0 Å². The summed E-state index contributed by atoms with van der Waals surface area (Å²) in [6.45, 7) is 5.96. The van der Waals surface area contributed by atoms with Crippen molar-refractivity contribution in [3.05, 3.63) is 64.7 Å². The van der Waals surface area contributed by atoms with E-state index >= 15 is 0 Å². The topological polar surface area (TPSA) is 66.4 Å². The first-order valence-electron chi connectivity index (χ1n) is 7.90. The average Bonchev–Trinajstić information content (AvgIpc) is 2.53. The van der Waals surface area contributed by atoms with E-state index in [0.29, 0.717) is 12.1 Å². The number of benzene rings is 2. The third kappa shape index (κ3) is 2.91. The molecule has 0 aliphatic heterocycles. The van der Waals surface area contributed by atoms with E-state index in [4.69, 9.17) is 0 Å². The molecule has 0 heterocycles. The van der Waals surface area contributed by atoms with E-state index in [1.807, 2.05) is 20.8 Å². The highest BCUT2D eigenvalue weighted by atomic mass is 32.2. The molecular weight excluding hydrogens is 322 g/mol. The Labute approximate surface area is 142 Å². The number of phenolic OH excluding ortho intramolecular Hbond substituents is 1. The molecule has 0 aromatic heterocycles. The summed E-state index contributed by atoms with van der Waals surface area (Å²) in [7, 11) is -3.67. The van der Waals surface area contributed by atoms with Gasteiger partial charge in [-0.3, -0.25) is 4.72 Å². The van der Waals surface area contributed by atoms with Gasteiger partial charge in [0.05, 0.1) is 10.6 Å². The Morgan fingerprint density at radius 3 is 2.42 bits per heavy atom. The number of nitrogens with one attached hydrogen (secondary N) is 1. The zero-order valence-electron chi connectivity index (χ0n) is 14.0. The first-order chi connectivity index (χ1) is 11.3. The van der Waals surface area contributed by atoms with Crippen LogP contribution in [0.3, 0.4) is 0 Å². The Hall–Kier alpha value is -2.27. The summed E-state index contributed by atoms with van der Waals surface area (Å²) in [4.78, 5) is 0.227. The minimum Gasteiger partial charge on any atom is -0.508 e. The molecule has 0 unspecified atom stereocenters. The number of aromatic hydroxyl groups is 1. The SMILES string of the molecule is CC1=CCc2c(O)ccc(NS(=O)(=O)c3ccc(C)cc3)c2[C@H]1C. The van der Waals surface area contributed by atoms with Crippen LogP contribution in [0.15, 0.2) is 52.9 Å². The van der Waals surface area contributed by atoms with Crippen molar-refractivity contribution >= 4 is 15.7 Å². The smallest absolute Gasteiger partial charge is 0.261 e. The zero-order valence-corrected chi connectivity index (χ0v) is 14.8. The van der Waals surface area contributed by atoms with Crippen LogP contribution in [-0.2, 0) is 16.4 Å². The first-order valence-corrected chi connectivity index (χ1v) is 9.39. The Morgan fingerprint density at radius 2 is 1.75 bits per heavy atom. The molecule has 4 nitrogen and oxygen atoms in total. The number of fused-ring (bicyclic) bond motifs is 1. The highest BCUT2D eigenvalue weighted by Gasteiger charge is 2.25. The summed E-state index contributed by atoms with van der Waals surface area (Å²) in [6, 6.07) is 9.92. The third-order valence-corrected chi connectivity index (χ3v) is 6.03. The van der Waals surface area contributed by atoms with Crippen molar-refractivity contribution in [2.45, 2.75) is 38.0 Å². The fraction of sp³-hybridized carbons (Fsp3) is 0.263. The number of hydrogen-bond donors (Lipinski definition) is 2. The molecule has 0 fully saturated rings. The second kappa shape index (κ2) is 5.98. The molecule has 0 saturated heterocycles. The molecule has 0 bridgehead atoms. The van der Waals surface area contributed by atoms with E-state index in [2.05, 4.69) is 10.8 Å². The van der Waals surface area contributed by atoms with Gasteiger partial charge in [0.2, 0.25) is 0 Å². The summed E-state index contributed by atoms with van der Waals surface area (Å²) < 4.78 is 28.1. The van der Waals surface area contributed by atoms with Gasteiger partial charge in [-0.1, -0.05) is 36.3 Å². The Balaban J connectivity index is 2.04. The molecule has 2 aromatic rings. The third-order valence-electron chi connectivity index (χ3n) is 4.65. The molecule has 0 spiro atoms. The normalized spacial score (nSPS) is 17.1. The van der Waals surface area contributed by atoms with Gasteiger partial charge in [0.25, 0.3) is 10.0 Å². The minimum absolute atomic E-state index is 0.0524. The molecule has 1 aliphatic rings. The first kappa shape index (κ1) is 16.6. The van der Waals surface area contributed by atoms with Gasteiger partial charge in [0.1, 0.15) is 5.75 Å². The molecule has 5 heteroatoms. The van der Waals surface area contributed by atoms with E-state index in [1.54, 1.807) is 36.4 Å². The second-order valence-electron chi connectivity index (χ2n) is 6.32. The molecule has 126 valence electrons. The largest absolute Gasteiger partial charge is 0.508 e. The number of anilines is 1. The van der Waals surface area contributed by atoms with Gasteiger partial charge in [-0.25, -0.2) is 8.42 Å². The summed E-state index contributed by atoms with van der Waals surface area (Å²) >= 11 is 0. The fourth-order valence-electron chi connectivity index (χ4n) is 3.04. The Kier molecular flexibility index (Phi) is 4.13. The van der Waals surface area contributed by atoms with E-state index < -0.39 is 10.0 Å². The number of allylic oxidation sites excluding steroid dienone is 2. The molecular formula is C19H21NO3S. The number of phenols is 1. The fourth-order valence-corrected chi connectivity index (χ4v) is 4.12. The van der Waals surface area contributed by atoms with Gasteiger partial charge in [-0.2, -0.15) is 0 Å². The minimum atomic E-state index is -3.67. The van der Waals surface area contributed by atoms with Crippen LogP contribution in [-0.4, -0.2) is 13.5 Å². The highest BCUT2D eigenvalue weighted by molar-refractivity contribution is 7.92. The number of sulfonamides is 1. The van der Waals surface area contributed by atoms with Crippen LogP contribution in [0.1, 0.15) is 36.5 Å². The maximum Gasteiger partial charge on any atom is 0.261 e. The van der Waals surface area contributed by atoms with Gasteiger partial charge in [-0.05, 0) is 50.1 Å². The van der Waals surface area contributed by atoms with Crippen molar-refractivity contribution in [2.75, 3.05) is 4.72 Å². The van der Waals surface area contributed by atoms with Crippen molar-refractivity contribution in [3.8, 4) is 5.75 Å². The molecule has 2 aromatic carbocycles. The summed E-state index contributed by atoms with van der Waals surface area (Å²) in [5.74, 6) is 0.260. The molecule has 1 atom stereocenters. The standard InChI is InChI=1S/C19H21NO3S/c1-12-4-7-15(8-5-12)24(22,23)20-17-10-11-18(21)16-9-6-13(2)14(3)19(16)17/h4-8,10-11,14,20-21H,9H2,1-3H3/t14-/m0/s1. The summed E-state index contributed by atoms with van der Waals surface area (Å²) in [5.41, 5.74) is 4.35. The zero-order chi connectivity index (χ0) is 17.5. The van der Waals surface area contributed by atoms with Crippen LogP contribution in [0.2, 0.25) is 0 Å². The van der Waals surface area contributed by atoms with Crippen molar-refractivity contribution in [1.29, 1.82) is 0 Å². The quantitative estimate of drug-likeness (QED) is 0.651. The Bertz CT molecular complexity index is 912. The second-order valence-corrected chi connectivity index (χ2v) is 8.00. The summed E-state index contributed by atoms with van der Waals surface area (Å²) in [5, 5.41) is 10.1. The number of hydrogen-bond acceptors (Lipinski definition) is 3. The average molecular weight is 343 g/mol. The molecule has 0 saturated carbocycles. The van der Waals surface area contributed by atoms with E-state index in [-0.39, 0.29) is 16.6 Å².